The number of ether oxygens (including phenoxy) is 1. The number of hydrogen-bond acceptors (Lipinski definition) is 4. The van der Waals surface area contributed by atoms with Crippen molar-refractivity contribution in [2.75, 3.05) is 6.61 Å². The van der Waals surface area contributed by atoms with E-state index in [0.29, 0.717) is 6.07 Å². The molecule has 0 spiro atoms. The van der Waals surface area contributed by atoms with E-state index in [2.05, 4.69) is 4.98 Å². The molecule has 2 aromatic rings. The molecule has 0 amide bonds. The van der Waals surface area contributed by atoms with Gasteiger partial charge in [0.1, 0.15) is 5.75 Å². The molecule has 112 valence electrons. The second kappa shape index (κ2) is 5.40. The molecule has 0 fully saturated rings. The Morgan fingerprint density at radius 2 is 2.05 bits per heavy atom. The van der Waals surface area contributed by atoms with E-state index in [0.717, 1.165) is 12.1 Å². The van der Waals surface area contributed by atoms with Crippen LogP contribution in [-0.4, -0.2) is 22.7 Å². The highest BCUT2D eigenvalue weighted by Crippen LogP contribution is 2.38. The Labute approximate surface area is 122 Å². The first-order valence-electron chi connectivity index (χ1n) is 5.81. The van der Waals surface area contributed by atoms with Crippen LogP contribution < -0.4 is 0 Å². The highest BCUT2D eigenvalue weighted by molar-refractivity contribution is 6.35. The van der Waals surface area contributed by atoms with Gasteiger partial charge >= 0.3 is 12.1 Å². The third-order valence-electron chi connectivity index (χ3n) is 2.64. The summed E-state index contributed by atoms with van der Waals surface area (Å²) >= 11 is 5.87. The monoisotopic (exact) mass is 319 g/mol. The summed E-state index contributed by atoms with van der Waals surface area (Å²) in [5, 5.41) is 9.15. The number of hydrogen-bond donors (Lipinski definition) is 1. The molecule has 1 aromatic heterocycles. The first-order valence-corrected chi connectivity index (χ1v) is 6.19. The molecule has 21 heavy (non-hydrogen) atoms. The summed E-state index contributed by atoms with van der Waals surface area (Å²) in [7, 11) is 0. The van der Waals surface area contributed by atoms with E-state index in [-0.39, 0.29) is 22.7 Å². The van der Waals surface area contributed by atoms with E-state index in [9.17, 15) is 23.1 Å². The van der Waals surface area contributed by atoms with E-state index >= 15 is 0 Å². The van der Waals surface area contributed by atoms with Crippen LogP contribution in [0.4, 0.5) is 13.2 Å². The SMILES string of the molecule is CCOC(=O)c1cc(Cl)c2cc(O)cc(C(F)(F)F)c2n1. The third kappa shape index (κ3) is 3.02. The van der Waals surface area contributed by atoms with Crippen LogP contribution in [-0.2, 0) is 10.9 Å². The van der Waals surface area contributed by atoms with Crippen LogP contribution in [0.2, 0.25) is 5.02 Å². The zero-order chi connectivity index (χ0) is 15.8. The first kappa shape index (κ1) is 15.4. The number of nitrogens with zero attached hydrogens (tertiary/aromatic N) is 1. The van der Waals surface area contributed by atoms with Gasteiger partial charge in [-0.05, 0) is 25.1 Å². The van der Waals surface area contributed by atoms with Crippen molar-refractivity contribution < 1.29 is 27.8 Å². The maximum Gasteiger partial charge on any atom is 0.418 e. The quantitative estimate of drug-likeness (QED) is 0.856. The lowest BCUT2D eigenvalue weighted by Gasteiger charge is -2.12. The van der Waals surface area contributed by atoms with Crippen LogP contribution in [0, 0.1) is 0 Å². The van der Waals surface area contributed by atoms with Crippen LogP contribution in [0.3, 0.4) is 0 Å². The van der Waals surface area contributed by atoms with Gasteiger partial charge in [0, 0.05) is 5.39 Å². The molecule has 0 aliphatic heterocycles. The van der Waals surface area contributed by atoms with E-state index in [1.807, 2.05) is 0 Å². The van der Waals surface area contributed by atoms with Crippen LogP contribution in [0.15, 0.2) is 18.2 Å². The Hall–Kier alpha value is -2.02. The molecule has 0 radical (unpaired) electrons. The summed E-state index contributed by atoms with van der Waals surface area (Å²) in [6.07, 6.45) is -4.75. The zero-order valence-corrected chi connectivity index (χ0v) is 11.4. The predicted molar refractivity (Wildman–Crippen MR) is 69.4 cm³/mol. The molecule has 0 aliphatic carbocycles. The molecule has 0 saturated heterocycles. The number of pyridine rings is 1. The predicted octanol–water partition coefficient (Wildman–Crippen LogP) is 3.79. The van der Waals surface area contributed by atoms with Crippen LogP contribution in [0.5, 0.6) is 5.75 Å². The van der Waals surface area contributed by atoms with Gasteiger partial charge in [0.15, 0.2) is 5.69 Å². The van der Waals surface area contributed by atoms with Crippen LogP contribution in [0.25, 0.3) is 10.9 Å². The molecule has 4 nitrogen and oxygen atoms in total. The molecular weight excluding hydrogens is 311 g/mol. The lowest BCUT2D eigenvalue weighted by molar-refractivity contribution is -0.136. The molecule has 0 atom stereocenters. The fourth-order valence-electron chi connectivity index (χ4n) is 1.80. The van der Waals surface area contributed by atoms with Gasteiger partial charge in [-0.2, -0.15) is 13.2 Å². The number of carbonyl (C=O) groups is 1. The minimum atomic E-state index is -4.75. The number of fused-ring (bicyclic) bond motifs is 1. The number of phenols is 1. The molecule has 0 unspecified atom stereocenters. The molecular formula is C13H9ClF3NO3. The van der Waals surface area contributed by atoms with Gasteiger partial charge in [-0.3, -0.25) is 0 Å². The Bertz CT molecular complexity index is 716. The maximum atomic E-state index is 13.0. The minimum Gasteiger partial charge on any atom is -0.508 e. The van der Waals surface area contributed by atoms with Crippen LogP contribution >= 0.6 is 11.6 Å². The number of phenolic OH excluding ortho intramolecular Hbond substituents is 1. The van der Waals surface area contributed by atoms with Gasteiger partial charge in [0.05, 0.1) is 22.7 Å². The van der Waals surface area contributed by atoms with Gasteiger partial charge in [0.25, 0.3) is 0 Å². The molecule has 8 heteroatoms. The number of alkyl halides is 3. The van der Waals surface area contributed by atoms with Gasteiger partial charge < -0.3 is 9.84 Å². The molecule has 0 bridgehead atoms. The lowest BCUT2D eigenvalue weighted by atomic mass is 10.1. The number of rotatable bonds is 2. The van der Waals surface area contributed by atoms with E-state index < -0.39 is 29.0 Å². The van der Waals surface area contributed by atoms with E-state index in [1.165, 1.54) is 0 Å². The summed E-state index contributed by atoms with van der Waals surface area (Å²) in [4.78, 5) is 15.3. The fraction of sp³-hybridized carbons (Fsp3) is 0.231. The molecule has 1 N–H and O–H groups in total. The maximum absolute atomic E-state index is 13.0. The van der Waals surface area contributed by atoms with Crippen molar-refractivity contribution >= 4 is 28.5 Å². The van der Waals surface area contributed by atoms with Gasteiger partial charge in [-0.1, -0.05) is 11.6 Å². The van der Waals surface area contributed by atoms with E-state index in [4.69, 9.17) is 16.3 Å². The van der Waals surface area contributed by atoms with Crippen molar-refractivity contribution in [3.05, 3.63) is 34.5 Å². The second-order valence-corrected chi connectivity index (χ2v) is 4.50. The number of esters is 1. The average Bonchev–Trinajstić information content (AvgIpc) is 2.37. The summed E-state index contributed by atoms with van der Waals surface area (Å²) in [6, 6.07) is 2.68. The van der Waals surface area contributed by atoms with Gasteiger partial charge in [-0.25, -0.2) is 9.78 Å². The topological polar surface area (TPSA) is 59.4 Å². The molecule has 2 rings (SSSR count). The number of aromatic nitrogens is 1. The second-order valence-electron chi connectivity index (χ2n) is 4.10. The number of halogens is 4. The average molecular weight is 320 g/mol. The summed E-state index contributed by atoms with van der Waals surface area (Å²) in [5.74, 6) is -1.47. The first-order chi connectivity index (χ1) is 9.74. The van der Waals surface area contributed by atoms with Gasteiger partial charge in [0.2, 0.25) is 0 Å². The third-order valence-corrected chi connectivity index (χ3v) is 2.95. The highest BCUT2D eigenvalue weighted by Gasteiger charge is 2.34. The van der Waals surface area contributed by atoms with Crippen LogP contribution in [0.1, 0.15) is 23.0 Å². The molecule has 0 aliphatic rings. The standard InChI is InChI=1S/C13H9ClF3NO3/c1-2-21-12(20)10-5-9(14)7-3-6(19)4-8(11(7)18-10)13(15,16)17/h3-5,19H,2H2,1H3. The van der Waals surface area contributed by atoms with Crippen molar-refractivity contribution in [2.45, 2.75) is 13.1 Å². The zero-order valence-electron chi connectivity index (χ0n) is 10.7. The van der Waals surface area contributed by atoms with Crippen molar-refractivity contribution in [3.8, 4) is 5.75 Å². The summed E-state index contributed by atoms with van der Waals surface area (Å²) in [6.45, 7) is 1.61. The van der Waals surface area contributed by atoms with E-state index in [1.54, 1.807) is 6.92 Å². The Kier molecular flexibility index (Phi) is 3.95. The Balaban J connectivity index is 2.77. The largest absolute Gasteiger partial charge is 0.508 e. The molecule has 1 aromatic carbocycles. The normalized spacial score (nSPS) is 11.7. The minimum absolute atomic E-state index is 0.0534. The van der Waals surface area contributed by atoms with Crippen molar-refractivity contribution in [3.63, 3.8) is 0 Å². The van der Waals surface area contributed by atoms with Crippen molar-refractivity contribution in [1.29, 1.82) is 0 Å². The number of aromatic hydroxyl groups is 1. The molecule has 0 saturated carbocycles. The highest BCUT2D eigenvalue weighted by atomic mass is 35.5. The lowest BCUT2D eigenvalue weighted by Crippen LogP contribution is -2.11. The fourth-order valence-corrected chi connectivity index (χ4v) is 2.05. The molecule has 1 heterocycles. The Morgan fingerprint density at radius 1 is 1.38 bits per heavy atom. The summed E-state index contributed by atoms with van der Waals surface area (Å²) in [5.41, 5.74) is -2.02. The number of benzene rings is 1. The van der Waals surface area contributed by atoms with Crippen molar-refractivity contribution in [2.24, 2.45) is 0 Å². The van der Waals surface area contributed by atoms with Gasteiger partial charge in [-0.15, -0.1) is 0 Å². The number of carbonyl (C=O) groups excluding carboxylic acids is 1. The van der Waals surface area contributed by atoms with Crippen molar-refractivity contribution in [1.82, 2.24) is 4.98 Å². The summed E-state index contributed by atoms with van der Waals surface area (Å²) < 4.78 is 43.7. The Morgan fingerprint density at radius 3 is 2.62 bits per heavy atom. The smallest absolute Gasteiger partial charge is 0.418 e.